The van der Waals surface area contributed by atoms with Gasteiger partial charge in [0.15, 0.2) is 6.17 Å². The van der Waals surface area contributed by atoms with Crippen LogP contribution in [-0.2, 0) is 4.79 Å². The summed E-state index contributed by atoms with van der Waals surface area (Å²) in [5, 5.41) is 27.0. The van der Waals surface area contributed by atoms with Gasteiger partial charge in [0, 0.05) is 0 Å². The SMILES string of the molecule is O=C(O)CC(O)C(F)C(O)C=Cc1ccccc1.[H-].[Na+]. The monoisotopic (exact) mass is 278 g/mol. The van der Waals surface area contributed by atoms with Gasteiger partial charge >= 0.3 is 35.5 Å². The van der Waals surface area contributed by atoms with E-state index in [4.69, 9.17) is 5.11 Å². The van der Waals surface area contributed by atoms with Crippen LogP contribution < -0.4 is 29.6 Å². The molecule has 0 spiro atoms. The number of carbonyl (C=O) groups is 1. The quantitative estimate of drug-likeness (QED) is 0.545. The van der Waals surface area contributed by atoms with Crippen molar-refractivity contribution in [3.8, 4) is 0 Å². The molecule has 0 bridgehead atoms. The topological polar surface area (TPSA) is 77.8 Å². The molecule has 1 rings (SSSR count). The Kier molecular flexibility index (Phi) is 8.88. The summed E-state index contributed by atoms with van der Waals surface area (Å²) in [5.74, 6) is -1.32. The third-order valence-corrected chi connectivity index (χ3v) is 2.36. The van der Waals surface area contributed by atoms with Crippen LogP contribution in [0.4, 0.5) is 4.39 Å². The molecule has 1 aromatic rings. The first-order chi connectivity index (χ1) is 8.50. The summed E-state index contributed by atoms with van der Waals surface area (Å²) in [5.41, 5.74) is 0.775. The molecule has 0 radical (unpaired) electrons. The number of benzene rings is 1. The van der Waals surface area contributed by atoms with E-state index in [1.54, 1.807) is 24.3 Å². The Balaban J connectivity index is 0. The molecule has 3 atom stereocenters. The molecule has 100 valence electrons. The van der Waals surface area contributed by atoms with Gasteiger partial charge in [0.25, 0.3) is 0 Å². The minimum Gasteiger partial charge on any atom is -1.00 e. The Morgan fingerprint density at radius 1 is 1.32 bits per heavy atom. The molecule has 3 unspecified atom stereocenters. The Labute approximate surface area is 134 Å². The second-order valence-electron chi connectivity index (χ2n) is 3.87. The fraction of sp³-hybridized carbons (Fsp3) is 0.308. The van der Waals surface area contributed by atoms with Crippen LogP contribution in [0.15, 0.2) is 36.4 Å². The Hall–Kier alpha value is -0.720. The number of carboxylic acid groups (broad SMARTS) is 1. The van der Waals surface area contributed by atoms with E-state index in [1.807, 2.05) is 6.07 Å². The Morgan fingerprint density at radius 3 is 2.42 bits per heavy atom. The Bertz CT molecular complexity index is 416. The molecule has 3 N–H and O–H groups in total. The first-order valence-electron chi connectivity index (χ1n) is 5.46. The van der Waals surface area contributed by atoms with Crippen LogP contribution in [0.2, 0.25) is 0 Å². The van der Waals surface area contributed by atoms with Gasteiger partial charge in [-0.05, 0) is 5.56 Å². The average molecular weight is 278 g/mol. The standard InChI is InChI=1S/C13H15FO4.Na.H/c14-13(11(16)8-12(17)18)10(15)7-6-9-4-2-1-3-5-9;;/h1-7,10-11,13,15-16H,8H2,(H,17,18);;/q;+1;-1. The first-order valence-corrected chi connectivity index (χ1v) is 5.46. The molecular formula is C13H16FNaO4. The predicted molar refractivity (Wildman–Crippen MR) is 65.8 cm³/mol. The van der Waals surface area contributed by atoms with E-state index < -0.39 is 30.8 Å². The number of halogens is 1. The van der Waals surface area contributed by atoms with Crippen LogP contribution in [0, 0.1) is 0 Å². The number of alkyl halides is 1. The maximum atomic E-state index is 13.4. The van der Waals surface area contributed by atoms with Crippen LogP contribution >= 0.6 is 0 Å². The second kappa shape index (κ2) is 9.23. The molecule has 19 heavy (non-hydrogen) atoms. The summed E-state index contributed by atoms with van der Waals surface area (Å²) in [4.78, 5) is 10.3. The number of hydrogen-bond acceptors (Lipinski definition) is 3. The van der Waals surface area contributed by atoms with Crippen molar-refractivity contribution in [3.05, 3.63) is 42.0 Å². The van der Waals surface area contributed by atoms with E-state index >= 15 is 0 Å². The number of aliphatic hydroxyl groups excluding tert-OH is 2. The smallest absolute Gasteiger partial charge is 1.00 e. The largest absolute Gasteiger partial charge is 1.00 e. The molecule has 0 aliphatic carbocycles. The normalized spacial score (nSPS) is 15.5. The van der Waals surface area contributed by atoms with Crippen LogP contribution in [-0.4, -0.2) is 39.7 Å². The molecule has 0 amide bonds. The van der Waals surface area contributed by atoms with Crippen molar-refractivity contribution in [3.63, 3.8) is 0 Å². The molecule has 0 heterocycles. The van der Waals surface area contributed by atoms with E-state index in [0.717, 1.165) is 5.56 Å². The summed E-state index contributed by atoms with van der Waals surface area (Å²) in [6.45, 7) is 0. The maximum Gasteiger partial charge on any atom is 1.00 e. The number of rotatable bonds is 6. The molecule has 0 aromatic heterocycles. The van der Waals surface area contributed by atoms with E-state index in [-0.39, 0.29) is 31.0 Å². The predicted octanol–water partition coefficient (Wildman–Crippen LogP) is -1.65. The van der Waals surface area contributed by atoms with Gasteiger partial charge in [-0.25, -0.2) is 4.39 Å². The van der Waals surface area contributed by atoms with Gasteiger partial charge in [-0.15, -0.1) is 0 Å². The van der Waals surface area contributed by atoms with Gasteiger partial charge in [-0.1, -0.05) is 42.5 Å². The van der Waals surface area contributed by atoms with Crippen molar-refractivity contribution >= 4 is 12.0 Å². The number of aliphatic hydroxyl groups is 2. The van der Waals surface area contributed by atoms with Gasteiger partial charge < -0.3 is 16.7 Å². The van der Waals surface area contributed by atoms with Gasteiger partial charge in [-0.2, -0.15) is 0 Å². The number of hydrogen-bond donors (Lipinski definition) is 3. The zero-order valence-electron chi connectivity index (χ0n) is 11.6. The van der Waals surface area contributed by atoms with Crippen molar-refractivity contribution in [1.29, 1.82) is 0 Å². The summed E-state index contributed by atoms with van der Waals surface area (Å²) in [6, 6.07) is 8.94. The third kappa shape index (κ3) is 6.84. The van der Waals surface area contributed by atoms with Crippen molar-refractivity contribution < 1.29 is 55.5 Å². The number of aliphatic carboxylic acids is 1. The molecule has 0 saturated carbocycles. The molecule has 1 aromatic carbocycles. The Morgan fingerprint density at radius 2 is 1.89 bits per heavy atom. The van der Waals surface area contributed by atoms with Crippen LogP contribution in [0.25, 0.3) is 6.08 Å². The third-order valence-electron chi connectivity index (χ3n) is 2.36. The van der Waals surface area contributed by atoms with E-state index in [1.165, 1.54) is 12.2 Å². The van der Waals surface area contributed by atoms with Gasteiger partial charge in [0.05, 0.1) is 12.5 Å². The zero-order valence-corrected chi connectivity index (χ0v) is 12.6. The summed E-state index contributed by atoms with van der Waals surface area (Å²) >= 11 is 0. The summed E-state index contributed by atoms with van der Waals surface area (Å²) < 4.78 is 13.4. The molecule has 6 heteroatoms. The van der Waals surface area contributed by atoms with Gasteiger partial charge in [-0.3, -0.25) is 4.79 Å². The molecule has 0 saturated heterocycles. The summed E-state index contributed by atoms with van der Waals surface area (Å²) in [6.07, 6.45) is -3.34. The summed E-state index contributed by atoms with van der Waals surface area (Å²) in [7, 11) is 0. The maximum absolute atomic E-state index is 13.4. The van der Waals surface area contributed by atoms with E-state index in [9.17, 15) is 19.4 Å². The molecule has 0 fully saturated rings. The fourth-order valence-electron chi connectivity index (χ4n) is 1.40. The van der Waals surface area contributed by atoms with E-state index in [2.05, 4.69) is 0 Å². The van der Waals surface area contributed by atoms with Crippen molar-refractivity contribution in [1.82, 2.24) is 0 Å². The van der Waals surface area contributed by atoms with Crippen molar-refractivity contribution in [2.45, 2.75) is 24.8 Å². The molecule has 4 nitrogen and oxygen atoms in total. The zero-order chi connectivity index (χ0) is 13.5. The van der Waals surface area contributed by atoms with Gasteiger partial charge in [0.1, 0.15) is 6.10 Å². The van der Waals surface area contributed by atoms with Crippen LogP contribution in [0.5, 0.6) is 0 Å². The first kappa shape index (κ1) is 18.3. The minimum atomic E-state index is -2.03. The van der Waals surface area contributed by atoms with Crippen molar-refractivity contribution in [2.24, 2.45) is 0 Å². The molecule has 0 aliphatic rings. The van der Waals surface area contributed by atoms with Crippen LogP contribution in [0.3, 0.4) is 0 Å². The average Bonchev–Trinajstić information content (AvgIpc) is 2.35. The molecular weight excluding hydrogens is 262 g/mol. The second-order valence-corrected chi connectivity index (χ2v) is 3.87. The van der Waals surface area contributed by atoms with E-state index in [0.29, 0.717) is 0 Å². The van der Waals surface area contributed by atoms with Crippen molar-refractivity contribution in [2.75, 3.05) is 0 Å². The van der Waals surface area contributed by atoms with Gasteiger partial charge in [0.2, 0.25) is 0 Å². The fourth-order valence-corrected chi connectivity index (χ4v) is 1.40. The van der Waals surface area contributed by atoms with Crippen LogP contribution in [0.1, 0.15) is 13.4 Å². The molecule has 0 aliphatic heterocycles. The number of carboxylic acids is 1. The minimum absolute atomic E-state index is 0.